The van der Waals surface area contributed by atoms with Crippen LogP contribution in [0.1, 0.15) is 90.5 Å². The fraction of sp³-hybridized carbons (Fsp3) is 0.226. The van der Waals surface area contributed by atoms with Gasteiger partial charge in [0.05, 0.1) is 11.1 Å². The third-order valence-electron chi connectivity index (χ3n) is 17.3. The van der Waals surface area contributed by atoms with Crippen molar-refractivity contribution in [3.63, 3.8) is 0 Å². The van der Waals surface area contributed by atoms with Gasteiger partial charge in [-0.25, -0.2) is 0 Å². The molecule has 0 N–H and O–H groups in total. The van der Waals surface area contributed by atoms with Crippen molar-refractivity contribution in [2.75, 3.05) is 4.90 Å². The molecule has 7 aliphatic rings. The summed E-state index contributed by atoms with van der Waals surface area (Å²) in [5.41, 5.74) is 22.7. The van der Waals surface area contributed by atoms with Gasteiger partial charge in [0.25, 0.3) is 0 Å². The molecule has 0 aliphatic heterocycles. The van der Waals surface area contributed by atoms with Crippen molar-refractivity contribution in [2.45, 2.75) is 62.2 Å². The van der Waals surface area contributed by atoms with Gasteiger partial charge in [0.1, 0.15) is 0 Å². The predicted octanol–water partition coefficient (Wildman–Crippen LogP) is 15.5. The average Bonchev–Trinajstić information content (AvgIpc) is 3.75. The van der Waals surface area contributed by atoms with Crippen LogP contribution in [0.15, 0.2) is 188 Å². The van der Waals surface area contributed by atoms with E-state index in [1.807, 2.05) is 0 Å². The Labute approximate surface area is 372 Å². The maximum Gasteiger partial charge on any atom is 0.0720 e. The molecule has 7 aliphatic carbocycles. The predicted molar refractivity (Wildman–Crippen MR) is 259 cm³/mol. The molecule has 63 heavy (non-hydrogen) atoms. The van der Waals surface area contributed by atoms with Gasteiger partial charge < -0.3 is 4.90 Å². The van der Waals surface area contributed by atoms with Crippen molar-refractivity contribution in [3.05, 3.63) is 233 Å². The van der Waals surface area contributed by atoms with E-state index in [0.717, 1.165) is 11.8 Å². The third-order valence-corrected chi connectivity index (χ3v) is 17.3. The first-order valence-electron chi connectivity index (χ1n) is 23.6. The number of nitrogens with zero attached hydrogens (tertiary/aromatic N) is 1. The van der Waals surface area contributed by atoms with E-state index in [4.69, 9.17) is 0 Å². The molecule has 0 heterocycles. The molecule has 0 saturated heterocycles. The summed E-state index contributed by atoms with van der Waals surface area (Å²) in [6, 6.07) is 72.9. The topological polar surface area (TPSA) is 3.24 Å². The Hall–Kier alpha value is -6.44. The molecule has 15 rings (SSSR count). The summed E-state index contributed by atoms with van der Waals surface area (Å²) in [4.78, 5) is 2.60. The zero-order valence-electron chi connectivity index (χ0n) is 36.2. The Balaban J connectivity index is 1.09. The molecular formula is C62H51N. The minimum Gasteiger partial charge on any atom is -0.310 e. The smallest absolute Gasteiger partial charge is 0.0720 e. The van der Waals surface area contributed by atoms with Gasteiger partial charge in [-0.1, -0.05) is 172 Å². The van der Waals surface area contributed by atoms with Gasteiger partial charge in [-0.15, -0.1) is 0 Å². The first-order valence-corrected chi connectivity index (χ1v) is 23.6. The largest absolute Gasteiger partial charge is 0.310 e. The lowest BCUT2D eigenvalue weighted by Crippen LogP contribution is -2.59. The molecule has 4 bridgehead atoms. The Morgan fingerprint density at radius 2 is 0.825 bits per heavy atom. The lowest BCUT2D eigenvalue weighted by Gasteiger charge is -2.65. The maximum atomic E-state index is 2.69. The number of para-hydroxylation sites is 1. The Morgan fingerprint density at radius 3 is 1.48 bits per heavy atom. The average molecular weight is 810 g/mol. The van der Waals surface area contributed by atoms with Crippen molar-refractivity contribution < 1.29 is 0 Å². The number of rotatable bonds is 4. The SMILES string of the molecule is CC1(C)c2ccccc2-c2ccc(N(c3ccc4c(c3)C3(c5ccccc5-c5ccccc53)c3ccccc3C43C4CC5CC(C4)CC3C5)c3ccccc3-c3ccccc3)cc21. The summed E-state index contributed by atoms with van der Waals surface area (Å²) in [6.45, 7) is 4.81. The minimum absolute atomic E-state index is 0.00818. The van der Waals surface area contributed by atoms with Crippen molar-refractivity contribution in [2.24, 2.45) is 23.7 Å². The second kappa shape index (κ2) is 12.8. The van der Waals surface area contributed by atoms with Crippen molar-refractivity contribution in [1.82, 2.24) is 0 Å². The van der Waals surface area contributed by atoms with Crippen molar-refractivity contribution >= 4 is 17.1 Å². The molecule has 0 unspecified atom stereocenters. The van der Waals surface area contributed by atoms with Crippen molar-refractivity contribution in [1.29, 1.82) is 0 Å². The number of hydrogen-bond donors (Lipinski definition) is 0. The molecule has 8 aromatic rings. The highest BCUT2D eigenvalue weighted by Gasteiger charge is 2.64. The lowest BCUT2D eigenvalue weighted by molar-refractivity contribution is -0.0440. The minimum atomic E-state index is -0.457. The van der Waals surface area contributed by atoms with Crippen LogP contribution >= 0.6 is 0 Å². The highest BCUT2D eigenvalue weighted by molar-refractivity contribution is 5.93. The molecule has 0 amide bonds. The van der Waals surface area contributed by atoms with Gasteiger partial charge in [-0.05, 0) is 158 Å². The first kappa shape index (κ1) is 36.1. The maximum absolute atomic E-state index is 2.69. The zero-order chi connectivity index (χ0) is 41.7. The second-order valence-corrected chi connectivity index (χ2v) is 20.4. The summed E-state index contributed by atoms with van der Waals surface area (Å²) in [6.07, 6.45) is 6.86. The molecule has 1 heteroatoms. The number of fused-ring (bicyclic) bond motifs is 12. The van der Waals surface area contributed by atoms with Crippen LogP contribution in [0, 0.1) is 23.7 Å². The van der Waals surface area contributed by atoms with Gasteiger partial charge in [0, 0.05) is 27.8 Å². The van der Waals surface area contributed by atoms with E-state index in [2.05, 4.69) is 207 Å². The van der Waals surface area contributed by atoms with Crippen LogP contribution in [-0.4, -0.2) is 0 Å². The second-order valence-electron chi connectivity index (χ2n) is 20.4. The van der Waals surface area contributed by atoms with Crippen molar-refractivity contribution in [3.8, 4) is 33.4 Å². The van der Waals surface area contributed by atoms with Crippen LogP contribution in [0.4, 0.5) is 17.1 Å². The van der Waals surface area contributed by atoms with Crippen LogP contribution in [0.5, 0.6) is 0 Å². The van der Waals surface area contributed by atoms with E-state index in [0.29, 0.717) is 11.8 Å². The lowest BCUT2D eigenvalue weighted by atomic mass is 9.38. The Morgan fingerprint density at radius 1 is 0.365 bits per heavy atom. The normalized spacial score (nSPS) is 24.0. The number of anilines is 3. The first-order chi connectivity index (χ1) is 31.0. The van der Waals surface area contributed by atoms with Crippen LogP contribution in [0.3, 0.4) is 0 Å². The third kappa shape index (κ3) is 4.58. The fourth-order valence-electron chi connectivity index (χ4n) is 15.2. The molecule has 4 fully saturated rings. The zero-order valence-corrected chi connectivity index (χ0v) is 36.2. The van der Waals surface area contributed by atoms with E-state index >= 15 is 0 Å². The van der Waals surface area contributed by atoms with Gasteiger partial charge in [-0.2, -0.15) is 0 Å². The highest BCUT2D eigenvalue weighted by atomic mass is 15.1. The standard InChI is InChI=1S/C62H51N/c1-60(2)51-22-10-6-19-47(51)50-30-28-44(37-57(50)60)63(59-27-15-9-18-46(59)41-16-4-3-5-17-41)45-29-31-56-58(38-45)62(52-23-11-7-20-48(52)49-21-8-12-24-53(49)62)55-26-14-13-25-54(55)61(56)42-33-39-32-40(35-42)36-43(61)34-39/h3-31,37-40,42-43H,32-36H2,1-2H3. The molecule has 4 saturated carbocycles. The molecule has 0 atom stereocenters. The summed E-state index contributed by atoms with van der Waals surface area (Å²) in [5, 5.41) is 0. The quantitative estimate of drug-likeness (QED) is 0.171. The monoisotopic (exact) mass is 809 g/mol. The van der Waals surface area contributed by atoms with E-state index in [9.17, 15) is 0 Å². The fourth-order valence-corrected chi connectivity index (χ4v) is 15.2. The Kier molecular flexibility index (Phi) is 7.35. The molecule has 8 aromatic carbocycles. The molecule has 1 nitrogen and oxygen atoms in total. The van der Waals surface area contributed by atoms with Gasteiger partial charge in [0.15, 0.2) is 0 Å². The molecule has 0 radical (unpaired) electrons. The molecule has 304 valence electrons. The van der Waals surface area contributed by atoms with Crippen LogP contribution < -0.4 is 4.90 Å². The van der Waals surface area contributed by atoms with Crippen LogP contribution in [-0.2, 0) is 16.2 Å². The van der Waals surface area contributed by atoms with Gasteiger partial charge in [-0.3, -0.25) is 0 Å². The Bertz CT molecular complexity index is 3110. The molecule has 2 spiro atoms. The number of benzene rings is 8. The summed E-state index contributed by atoms with van der Waals surface area (Å²) >= 11 is 0. The van der Waals surface area contributed by atoms with E-state index < -0.39 is 5.41 Å². The summed E-state index contributed by atoms with van der Waals surface area (Å²) in [5.74, 6) is 3.05. The van der Waals surface area contributed by atoms with Crippen LogP contribution in [0.2, 0.25) is 0 Å². The van der Waals surface area contributed by atoms with E-state index in [-0.39, 0.29) is 10.8 Å². The van der Waals surface area contributed by atoms with Gasteiger partial charge in [0.2, 0.25) is 0 Å². The van der Waals surface area contributed by atoms with Crippen LogP contribution in [0.25, 0.3) is 33.4 Å². The number of hydrogen-bond acceptors (Lipinski definition) is 1. The summed E-state index contributed by atoms with van der Waals surface area (Å²) in [7, 11) is 0. The van der Waals surface area contributed by atoms with Gasteiger partial charge >= 0.3 is 0 Å². The highest BCUT2D eigenvalue weighted by Crippen LogP contribution is 2.72. The van der Waals surface area contributed by atoms with E-state index in [1.165, 1.54) is 116 Å². The summed E-state index contributed by atoms with van der Waals surface area (Å²) < 4.78 is 0. The molecular weight excluding hydrogens is 759 g/mol. The molecule has 0 aromatic heterocycles. The van der Waals surface area contributed by atoms with E-state index in [1.54, 1.807) is 11.1 Å².